The van der Waals surface area contributed by atoms with E-state index >= 15 is 0 Å². The molecule has 0 radical (unpaired) electrons. The van der Waals surface area contributed by atoms with Crippen molar-refractivity contribution in [1.82, 2.24) is 0 Å². The van der Waals surface area contributed by atoms with Crippen LogP contribution in [0, 0.1) is 0 Å². The maximum atomic E-state index is 10.5. The molecule has 0 aromatic heterocycles. The van der Waals surface area contributed by atoms with Crippen LogP contribution in [-0.4, -0.2) is 44.2 Å². The smallest absolute Gasteiger partial charge is 0.143 e. The monoisotopic (exact) mass is 434 g/mol. The van der Waals surface area contributed by atoms with Crippen molar-refractivity contribution >= 4 is 0 Å². The first-order valence-corrected chi connectivity index (χ1v) is 10.9. The lowest BCUT2D eigenvalue weighted by Gasteiger charge is -2.37. The third-order valence-corrected chi connectivity index (χ3v) is 6.05. The van der Waals surface area contributed by atoms with Gasteiger partial charge in [-0.1, -0.05) is 54.6 Å². The van der Waals surface area contributed by atoms with E-state index in [-0.39, 0.29) is 18.8 Å². The van der Waals surface area contributed by atoms with Crippen LogP contribution in [0.2, 0.25) is 0 Å². The van der Waals surface area contributed by atoms with Gasteiger partial charge in [-0.25, -0.2) is 0 Å². The molecule has 1 N–H and O–H groups in total. The zero-order valence-electron chi connectivity index (χ0n) is 18.7. The summed E-state index contributed by atoms with van der Waals surface area (Å²) in [6.07, 6.45) is -0.321. The van der Waals surface area contributed by atoms with Crippen molar-refractivity contribution < 1.29 is 24.1 Å². The van der Waals surface area contributed by atoms with Crippen molar-refractivity contribution in [3.8, 4) is 11.5 Å². The van der Waals surface area contributed by atoms with E-state index in [0.717, 1.165) is 28.2 Å². The Morgan fingerprint density at radius 3 is 1.75 bits per heavy atom. The maximum Gasteiger partial charge on any atom is 0.143 e. The lowest BCUT2D eigenvalue weighted by Crippen LogP contribution is -2.38. The Kier molecular flexibility index (Phi) is 6.80. The molecule has 32 heavy (non-hydrogen) atoms. The highest BCUT2D eigenvalue weighted by molar-refractivity contribution is 5.49. The van der Waals surface area contributed by atoms with Crippen molar-refractivity contribution in [2.75, 3.05) is 20.8 Å². The molecule has 0 amide bonds. The second-order valence-electron chi connectivity index (χ2n) is 8.10. The van der Waals surface area contributed by atoms with Gasteiger partial charge in [-0.15, -0.1) is 0 Å². The summed E-state index contributed by atoms with van der Waals surface area (Å²) in [6, 6.07) is 25.9. The van der Waals surface area contributed by atoms with Crippen molar-refractivity contribution in [3.05, 3.63) is 95.6 Å². The molecule has 0 saturated carbocycles. The minimum absolute atomic E-state index is 0.00620. The lowest BCUT2D eigenvalue weighted by atomic mass is 9.80. The molecule has 3 aromatic rings. The molecule has 1 heterocycles. The highest BCUT2D eigenvalue weighted by atomic mass is 16.6. The molecule has 4 rings (SSSR count). The zero-order valence-corrected chi connectivity index (χ0v) is 18.7. The minimum atomic E-state index is -0.908. The number of benzene rings is 3. The third-order valence-electron chi connectivity index (χ3n) is 6.05. The Morgan fingerprint density at radius 1 is 0.812 bits per heavy atom. The minimum Gasteiger partial charge on any atom is -0.497 e. The predicted octanol–water partition coefficient (Wildman–Crippen LogP) is 4.55. The summed E-state index contributed by atoms with van der Waals surface area (Å²) < 4.78 is 23.5. The molecule has 1 aliphatic heterocycles. The fraction of sp³-hybridized carbons (Fsp3) is 0.333. The molecule has 1 aliphatic rings. The van der Waals surface area contributed by atoms with Gasteiger partial charge in [0, 0.05) is 6.42 Å². The standard InChI is InChI=1S/C27H30O5/c1-19-17-25(28)26(32-19)18-31-27(20-7-5-4-6-8-20,21-9-13-23(29-2)14-10-21)22-11-15-24(30-3)16-12-22/h4-16,19,25-26,28H,17-18H2,1-3H3/t19-,25?,26+/m0/s1. The molecule has 0 bridgehead atoms. The quantitative estimate of drug-likeness (QED) is 0.527. The van der Waals surface area contributed by atoms with E-state index in [2.05, 4.69) is 12.1 Å². The average Bonchev–Trinajstić information content (AvgIpc) is 3.17. The SMILES string of the molecule is COc1ccc(C(OC[C@H]2O[C@@H](C)CC2O)(c2ccccc2)c2ccc(OC)cc2)cc1. The second-order valence-corrected chi connectivity index (χ2v) is 8.10. The number of rotatable bonds is 8. The van der Waals surface area contributed by atoms with Crippen LogP contribution in [0.3, 0.4) is 0 Å². The number of hydrogen-bond acceptors (Lipinski definition) is 5. The molecule has 1 fully saturated rings. The summed E-state index contributed by atoms with van der Waals surface area (Å²) in [7, 11) is 3.30. The van der Waals surface area contributed by atoms with Crippen molar-refractivity contribution in [1.29, 1.82) is 0 Å². The highest BCUT2D eigenvalue weighted by Gasteiger charge is 2.40. The molecule has 5 nitrogen and oxygen atoms in total. The summed E-state index contributed by atoms with van der Waals surface area (Å²) in [4.78, 5) is 0. The van der Waals surface area contributed by atoms with Gasteiger partial charge < -0.3 is 24.1 Å². The van der Waals surface area contributed by atoms with E-state index in [0.29, 0.717) is 6.42 Å². The van der Waals surface area contributed by atoms with E-state index in [9.17, 15) is 5.11 Å². The van der Waals surface area contributed by atoms with Gasteiger partial charge in [0.15, 0.2) is 0 Å². The van der Waals surface area contributed by atoms with Gasteiger partial charge in [-0.2, -0.15) is 0 Å². The molecule has 168 valence electrons. The first kappa shape index (κ1) is 22.3. The summed E-state index contributed by atoms with van der Waals surface area (Å²) in [5.41, 5.74) is 1.98. The Morgan fingerprint density at radius 2 is 1.31 bits per heavy atom. The van der Waals surface area contributed by atoms with Gasteiger partial charge >= 0.3 is 0 Å². The Balaban J connectivity index is 1.84. The third kappa shape index (κ3) is 4.37. The largest absolute Gasteiger partial charge is 0.497 e. The van der Waals surface area contributed by atoms with Gasteiger partial charge in [0.05, 0.1) is 33.0 Å². The van der Waals surface area contributed by atoms with Crippen LogP contribution in [0.25, 0.3) is 0 Å². The van der Waals surface area contributed by atoms with Crippen LogP contribution >= 0.6 is 0 Å². The summed E-state index contributed by atoms with van der Waals surface area (Å²) in [5.74, 6) is 1.54. The number of aliphatic hydroxyl groups is 1. The Bertz CT molecular complexity index is 937. The van der Waals surface area contributed by atoms with E-state index in [1.165, 1.54) is 0 Å². The van der Waals surface area contributed by atoms with Gasteiger partial charge in [0.2, 0.25) is 0 Å². The van der Waals surface area contributed by atoms with Crippen molar-refractivity contribution in [2.45, 2.75) is 37.3 Å². The molecule has 0 spiro atoms. The predicted molar refractivity (Wildman–Crippen MR) is 123 cm³/mol. The molecule has 3 aromatic carbocycles. The number of hydrogen-bond donors (Lipinski definition) is 1. The highest BCUT2D eigenvalue weighted by Crippen LogP contribution is 2.42. The first-order chi connectivity index (χ1) is 15.6. The van der Waals surface area contributed by atoms with Crippen LogP contribution in [0.15, 0.2) is 78.9 Å². The summed E-state index contributed by atoms with van der Waals surface area (Å²) in [5, 5.41) is 10.5. The van der Waals surface area contributed by atoms with E-state index < -0.39 is 11.7 Å². The van der Waals surface area contributed by atoms with Gasteiger partial charge in [0.25, 0.3) is 0 Å². The van der Waals surface area contributed by atoms with Gasteiger partial charge in [0.1, 0.15) is 23.2 Å². The first-order valence-electron chi connectivity index (χ1n) is 10.9. The van der Waals surface area contributed by atoms with E-state index in [4.69, 9.17) is 18.9 Å². The van der Waals surface area contributed by atoms with Crippen LogP contribution in [0.4, 0.5) is 0 Å². The summed E-state index contributed by atoms with van der Waals surface area (Å²) >= 11 is 0. The van der Waals surface area contributed by atoms with Crippen LogP contribution < -0.4 is 9.47 Å². The number of methoxy groups -OCH3 is 2. The Labute approximate surface area is 189 Å². The molecule has 3 atom stereocenters. The van der Waals surface area contributed by atoms with Crippen LogP contribution in [-0.2, 0) is 15.1 Å². The summed E-state index contributed by atoms with van der Waals surface area (Å²) in [6.45, 7) is 2.22. The van der Waals surface area contributed by atoms with E-state index in [1.807, 2.05) is 73.7 Å². The fourth-order valence-electron chi connectivity index (χ4n) is 4.37. The Hall–Kier alpha value is -2.86. The molecular weight excluding hydrogens is 404 g/mol. The topological polar surface area (TPSA) is 57.2 Å². The van der Waals surface area contributed by atoms with E-state index in [1.54, 1.807) is 14.2 Å². The fourth-order valence-corrected chi connectivity index (χ4v) is 4.37. The number of aliphatic hydroxyl groups excluding tert-OH is 1. The molecule has 5 heteroatoms. The van der Waals surface area contributed by atoms with Crippen molar-refractivity contribution in [3.63, 3.8) is 0 Å². The second kappa shape index (κ2) is 9.74. The van der Waals surface area contributed by atoms with Crippen LogP contribution in [0.1, 0.15) is 30.0 Å². The van der Waals surface area contributed by atoms with Crippen LogP contribution in [0.5, 0.6) is 11.5 Å². The molecule has 0 aliphatic carbocycles. The molecular formula is C27H30O5. The number of ether oxygens (including phenoxy) is 4. The van der Waals surface area contributed by atoms with Crippen molar-refractivity contribution in [2.24, 2.45) is 0 Å². The average molecular weight is 435 g/mol. The molecule has 1 unspecified atom stereocenters. The molecule has 1 saturated heterocycles. The lowest BCUT2D eigenvalue weighted by molar-refractivity contribution is -0.0799. The normalized spacial score (nSPS) is 20.8. The maximum absolute atomic E-state index is 10.5. The van der Waals surface area contributed by atoms with Gasteiger partial charge in [-0.3, -0.25) is 0 Å². The zero-order chi connectivity index (χ0) is 22.6. The van der Waals surface area contributed by atoms with Gasteiger partial charge in [-0.05, 0) is 47.9 Å².